The summed E-state index contributed by atoms with van der Waals surface area (Å²) in [7, 11) is 2.13. The standard InChI is InChI=1S/C13H21FN4/c1-17-7-8-18(10-17)6-2-5-16-13-4-3-11(15)9-12(13)14/h3-4,9,16H,2,5-8,10,15H2,1H3. The van der Waals surface area contributed by atoms with Gasteiger partial charge in [-0.15, -0.1) is 0 Å². The Labute approximate surface area is 108 Å². The molecule has 0 radical (unpaired) electrons. The first-order chi connectivity index (χ1) is 8.65. The van der Waals surface area contributed by atoms with Gasteiger partial charge in [-0.1, -0.05) is 0 Å². The number of halogens is 1. The number of anilines is 2. The number of nitrogens with two attached hydrogens (primary N) is 1. The van der Waals surface area contributed by atoms with E-state index in [-0.39, 0.29) is 5.82 Å². The van der Waals surface area contributed by atoms with Gasteiger partial charge in [0.25, 0.3) is 0 Å². The summed E-state index contributed by atoms with van der Waals surface area (Å²) in [5, 5.41) is 3.10. The molecule has 0 spiro atoms. The van der Waals surface area contributed by atoms with Crippen molar-refractivity contribution in [1.29, 1.82) is 0 Å². The molecule has 0 atom stereocenters. The van der Waals surface area contributed by atoms with E-state index in [0.717, 1.165) is 39.3 Å². The van der Waals surface area contributed by atoms with E-state index in [4.69, 9.17) is 5.73 Å². The van der Waals surface area contributed by atoms with Crippen LogP contribution in [0.2, 0.25) is 0 Å². The molecule has 1 saturated heterocycles. The molecule has 2 rings (SSSR count). The molecule has 0 unspecified atom stereocenters. The van der Waals surface area contributed by atoms with Gasteiger partial charge in [-0.05, 0) is 31.7 Å². The fraction of sp³-hybridized carbons (Fsp3) is 0.538. The number of rotatable bonds is 5. The molecule has 0 aromatic heterocycles. The third-order valence-corrected chi connectivity index (χ3v) is 3.20. The van der Waals surface area contributed by atoms with Crippen LogP contribution in [0.15, 0.2) is 18.2 Å². The molecule has 1 heterocycles. The van der Waals surface area contributed by atoms with Crippen LogP contribution in [0.25, 0.3) is 0 Å². The van der Waals surface area contributed by atoms with E-state index in [2.05, 4.69) is 22.2 Å². The zero-order valence-corrected chi connectivity index (χ0v) is 10.8. The van der Waals surface area contributed by atoms with Crippen molar-refractivity contribution in [3.63, 3.8) is 0 Å². The largest absolute Gasteiger partial charge is 0.399 e. The molecule has 0 bridgehead atoms. The number of likely N-dealkylation sites (N-methyl/N-ethyl adjacent to an activating group) is 1. The highest BCUT2D eigenvalue weighted by atomic mass is 19.1. The summed E-state index contributed by atoms with van der Waals surface area (Å²) in [5.74, 6) is -0.282. The van der Waals surface area contributed by atoms with Crippen LogP contribution in [0, 0.1) is 5.82 Å². The summed E-state index contributed by atoms with van der Waals surface area (Å²) in [5.41, 5.74) is 6.49. The number of benzene rings is 1. The number of nitrogen functional groups attached to an aromatic ring is 1. The lowest BCUT2D eigenvalue weighted by atomic mass is 10.2. The van der Waals surface area contributed by atoms with Crippen LogP contribution >= 0.6 is 0 Å². The van der Waals surface area contributed by atoms with Gasteiger partial charge in [0.15, 0.2) is 0 Å². The Bertz CT molecular complexity index is 397. The fourth-order valence-corrected chi connectivity index (χ4v) is 2.18. The van der Waals surface area contributed by atoms with Crippen molar-refractivity contribution in [3.8, 4) is 0 Å². The van der Waals surface area contributed by atoms with Crippen molar-refractivity contribution < 1.29 is 4.39 Å². The molecule has 1 aliphatic heterocycles. The predicted octanol–water partition coefficient (Wildman–Crippen LogP) is 1.41. The maximum atomic E-state index is 13.5. The Kier molecular flexibility index (Phi) is 4.38. The SMILES string of the molecule is CN1CCN(CCCNc2ccc(N)cc2F)C1. The summed E-state index contributed by atoms with van der Waals surface area (Å²) in [6, 6.07) is 4.74. The normalized spacial score (nSPS) is 17.2. The molecular formula is C13H21FN4. The second kappa shape index (κ2) is 6.02. The van der Waals surface area contributed by atoms with Gasteiger partial charge in [-0.25, -0.2) is 4.39 Å². The van der Waals surface area contributed by atoms with Crippen molar-refractivity contribution in [2.75, 3.05) is 50.9 Å². The highest BCUT2D eigenvalue weighted by molar-refractivity contribution is 5.52. The van der Waals surface area contributed by atoms with Crippen LogP contribution in [0.4, 0.5) is 15.8 Å². The molecule has 0 aliphatic carbocycles. The lowest BCUT2D eigenvalue weighted by Gasteiger charge is -2.15. The molecule has 5 heteroatoms. The van der Waals surface area contributed by atoms with E-state index in [0.29, 0.717) is 11.4 Å². The van der Waals surface area contributed by atoms with Crippen molar-refractivity contribution in [1.82, 2.24) is 9.80 Å². The number of nitrogens with zero attached hydrogens (tertiary/aromatic N) is 2. The maximum absolute atomic E-state index is 13.5. The minimum atomic E-state index is -0.282. The smallest absolute Gasteiger partial charge is 0.148 e. The summed E-state index contributed by atoms with van der Waals surface area (Å²) >= 11 is 0. The molecule has 0 amide bonds. The van der Waals surface area contributed by atoms with Crippen molar-refractivity contribution >= 4 is 11.4 Å². The van der Waals surface area contributed by atoms with Gasteiger partial charge in [0, 0.05) is 31.9 Å². The lowest BCUT2D eigenvalue weighted by Crippen LogP contribution is -2.25. The van der Waals surface area contributed by atoms with E-state index in [1.54, 1.807) is 12.1 Å². The number of nitrogens with one attached hydrogen (secondary N) is 1. The summed E-state index contributed by atoms with van der Waals surface area (Å²) in [6.07, 6.45) is 1.01. The highest BCUT2D eigenvalue weighted by Gasteiger charge is 2.15. The molecule has 1 aliphatic rings. The van der Waals surface area contributed by atoms with Gasteiger partial charge in [-0.3, -0.25) is 9.80 Å². The maximum Gasteiger partial charge on any atom is 0.148 e. The topological polar surface area (TPSA) is 44.5 Å². The van der Waals surface area contributed by atoms with E-state index in [9.17, 15) is 4.39 Å². The first-order valence-corrected chi connectivity index (χ1v) is 6.35. The predicted molar refractivity (Wildman–Crippen MR) is 73.0 cm³/mol. The Hall–Kier alpha value is -1.33. The number of hydrogen-bond donors (Lipinski definition) is 2. The Morgan fingerprint density at radius 3 is 2.89 bits per heavy atom. The minimum absolute atomic E-state index is 0.282. The summed E-state index contributed by atoms with van der Waals surface area (Å²) in [4.78, 5) is 4.70. The first kappa shape index (κ1) is 13.1. The molecule has 1 aromatic rings. The van der Waals surface area contributed by atoms with Crippen molar-refractivity contribution in [2.24, 2.45) is 0 Å². The molecule has 100 valence electrons. The van der Waals surface area contributed by atoms with E-state index >= 15 is 0 Å². The van der Waals surface area contributed by atoms with Gasteiger partial charge in [-0.2, -0.15) is 0 Å². The second-order valence-electron chi connectivity index (χ2n) is 4.86. The van der Waals surface area contributed by atoms with E-state index in [1.807, 2.05) is 0 Å². The third-order valence-electron chi connectivity index (χ3n) is 3.20. The van der Waals surface area contributed by atoms with Gasteiger partial charge in [0.1, 0.15) is 5.82 Å². The van der Waals surface area contributed by atoms with Crippen LogP contribution in [-0.4, -0.2) is 49.7 Å². The molecule has 18 heavy (non-hydrogen) atoms. The molecular weight excluding hydrogens is 231 g/mol. The lowest BCUT2D eigenvalue weighted by molar-refractivity contribution is 0.274. The van der Waals surface area contributed by atoms with Crippen LogP contribution < -0.4 is 11.1 Å². The van der Waals surface area contributed by atoms with Gasteiger partial charge in [0.2, 0.25) is 0 Å². The third kappa shape index (κ3) is 3.58. The van der Waals surface area contributed by atoms with Gasteiger partial charge >= 0.3 is 0 Å². The van der Waals surface area contributed by atoms with Crippen LogP contribution in [0.3, 0.4) is 0 Å². The van der Waals surface area contributed by atoms with E-state index in [1.165, 1.54) is 6.07 Å². The fourth-order valence-electron chi connectivity index (χ4n) is 2.18. The summed E-state index contributed by atoms with van der Waals surface area (Å²) in [6.45, 7) is 5.14. The van der Waals surface area contributed by atoms with Crippen molar-refractivity contribution in [2.45, 2.75) is 6.42 Å². The molecule has 1 fully saturated rings. The Balaban J connectivity index is 1.69. The quantitative estimate of drug-likeness (QED) is 0.614. The van der Waals surface area contributed by atoms with Gasteiger partial charge in [0.05, 0.1) is 12.4 Å². The zero-order valence-electron chi connectivity index (χ0n) is 10.8. The van der Waals surface area contributed by atoms with Crippen LogP contribution in [0.5, 0.6) is 0 Å². The van der Waals surface area contributed by atoms with Crippen molar-refractivity contribution in [3.05, 3.63) is 24.0 Å². The zero-order chi connectivity index (χ0) is 13.0. The minimum Gasteiger partial charge on any atom is -0.399 e. The van der Waals surface area contributed by atoms with Crippen LogP contribution in [0.1, 0.15) is 6.42 Å². The Morgan fingerprint density at radius 2 is 2.22 bits per heavy atom. The first-order valence-electron chi connectivity index (χ1n) is 6.35. The number of hydrogen-bond acceptors (Lipinski definition) is 4. The molecule has 1 aromatic carbocycles. The molecule has 3 N–H and O–H groups in total. The average molecular weight is 252 g/mol. The van der Waals surface area contributed by atoms with Gasteiger partial charge < -0.3 is 11.1 Å². The highest BCUT2D eigenvalue weighted by Crippen LogP contribution is 2.16. The summed E-state index contributed by atoms with van der Waals surface area (Å²) < 4.78 is 13.5. The Morgan fingerprint density at radius 1 is 1.39 bits per heavy atom. The monoisotopic (exact) mass is 252 g/mol. The van der Waals surface area contributed by atoms with E-state index < -0.39 is 0 Å². The second-order valence-corrected chi connectivity index (χ2v) is 4.86. The average Bonchev–Trinajstić information content (AvgIpc) is 2.73. The van der Waals surface area contributed by atoms with Crippen LogP contribution in [-0.2, 0) is 0 Å². The molecule has 0 saturated carbocycles. The molecule has 4 nitrogen and oxygen atoms in total.